The van der Waals surface area contributed by atoms with E-state index in [9.17, 15) is 0 Å². The second-order valence-corrected chi connectivity index (χ2v) is 7.52. The van der Waals surface area contributed by atoms with E-state index < -0.39 is 0 Å². The summed E-state index contributed by atoms with van der Waals surface area (Å²) < 4.78 is 0. The minimum absolute atomic E-state index is 0. The van der Waals surface area contributed by atoms with Crippen LogP contribution in [-0.4, -0.2) is 0 Å². The molecule has 1 atom stereocenters. The number of hydrogen-bond donors (Lipinski definition) is 0. The molecule has 4 heteroatoms. The summed E-state index contributed by atoms with van der Waals surface area (Å²) in [6.45, 7) is 6.88. The molecule has 0 aliphatic heterocycles. The van der Waals surface area contributed by atoms with Gasteiger partial charge in [0.2, 0.25) is 0 Å². The van der Waals surface area contributed by atoms with Gasteiger partial charge in [0.15, 0.2) is 0 Å². The SMILES string of the molecule is CCCCC(C1=[C-]C(C(C)CC)=CC1)(c1ccccc1)c1ccccc1.[Cl-].[Cl-].[Cl-].[Ti+4]. The van der Waals surface area contributed by atoms with Crippen LogP contribution in [0.3, 0.4) is 0 Å². The second kappa shape index (κ2) is 15.3. The van der Waals surface area contributed by atoms with Crippen LogP contribution < -0.4 is 37.2 Å². The number of hydrogen-bond acceptors (Lipinski definition) is 0. The van der Waals surface area contributed by atoms with E-state index in [4.69, 9.17) is 0 Å². The summed E-state index contributed by atoms with van der Waals surface area (Å²) in [5.41, 5.74) is 5.58. The summed E-state index contributed by atoms with van der Waals surface area (Å²) in [5.74, 6) is 0.586. The van der Waals surface area contributed by atoms with Crippen molar-refractivity contribution in [1.82, 2.24) is 0 Å². The van der Waals surface area contributed by atoms with E-state index in [0.717, 1.165) is 12.8 Å². The van der Waals surface area contributed by atoms with Crippen LogP contribution in [0, 0.1) is 12.0 Å². The summed E-state index contributed by atoms with van der Waals surface area (Å²) in [5, 5.41) is 0. The predicted octanol–water partition coefficient (Wildman–Crippen LogP) is -1.72. The van der Waals surface area contributed by atoms with E-state index >= 15 is 0 Å². The fourth-order valence-corrected chi connectivity index (χ4v) is 4.16. The van der Waals surface area contributed by atoms with Gasteiger partial charge >= 0.3 is 21.7 Å². The Bertz CT molecular complexity index is 730. The van der Waals surface area contributed by atoms with Crippen LogP contribution in [0.25, 0.3) is 0 Å². The van der Waals surface area contributed by atoms with Crippen molar-refractivity contribution in [3.63, 3.8) is 0 Å². The quantitative estimate of drug-likeness (QED) is 0.301. The molecule has 0 spiro atoms. The normalized spacial score (nSPS) is 13.4. The molecule has 0 bridgehead atoms. The molecule has 1 aliphatic rings. The maximum absolute atomic E-state index is 3.87. The van der Waals surface area contributed by atoms with Gasteiger partial charge in [-0.05, 0) is 17.5 Å². The molecule has 0 saturated heterocycles. The predicted molar refractivity (Wildman–Crippen MR) is 112 cm³/mol. The molecule has 30 heavy (non-hydrogen) atoms. The van der Waals surface area contributed by atoms with Crippen molar-refractivity contribution < 1.29 is 58.9 Å². The van der Waals surface area contributed by atoms with Gasteiger partial charge in [-0.1, -0.05) is 113 Å². The fraction of sp³-hybridized carbons (Fsp3) is 0.385. The molecule has 1 aliphatic carbocycles. The van der Waals surface area contributed by atoms with E-state index in [1.54, 1.807) is 0 Å². The standard InChI is InChI=1S/C26H31.3ClH.Ti/c1-4-6-19-26(23-13-9-7-10-14-23,24-15-11-8-12-16-24)25-18-17-22(20-25)21(3)5-2;;;;/h7-17,21H,4-6,18-19H2,1-3H3;3*1H;/q-1;;;;+4/p-3. The molecule has 0 heterocycles. The van der Waals surface area contributed by atoms with Gasteiger partial charge in [-0.2, -0.15) is 5.57 Å². The first-order chi connectivity index (χ1) is 12.7. The average Bonchev–Trinajstić information content (AvgIpc) is 3.20. The van der Waals surface area contributed by atoms with Crippen LogP contribution in [0.2, 0.25) is 0 Å². The van der Waals surface area contributed by atoms with Gasteiger partial charge in [0.25, 0.3) is 0 Å². The molecule has 2 aromatic carbocycles. The van der Waals surface area contributed by atoms with Crippen LogP contribution in [-0.2, 0) is 27.1 Å². The topological polar surface area (TPSA) is 0 Å². The Kier molecular flexibility index (Phi) is 16.2. The fourth-order valence-electron chi connectivity index (χ4n) is 4.16. The first kappa shape index (κ1) is 31.7. The molecule has 0 nitrogen and oxygen atoms in total. The van der Waals surface area contributed by atoms with Gasteiger partial charge in [0.05, 0.1) is 0 Å². The van der Waals surface area contributed by atoms with Crippen molar-refractivity contribution >= 4 is 0 Å². The molecule has 0 aromatic heterocycles. The molecular weight excluding hydrogens is 467 g/mol. The third kappa shape index (κ3) is 6.75. The summed E-state index contributed by atoms with van der Waals surface area (Å²) in [6.07, 6.45) is 12.0. The van der Waals surface area contributed by atoms with Gasteiger partial charge in [-0.3, -0.25) is 0 Å². The molecule has 0 N–H and O–H groups in total. The van der Waals surface area contributed by atoms with Crippen molar-refractivity contribution in [2.45, 2.75) is 58.3 Å². The van der Waals surface area contributed by atoms with Crippen LogP contribution in [0.1, 0.15) is 64.0 Å². The molecular formula is C26H31Cl3Ti. The minimum Gasteiger partial charge on any atom is -1.00 e. The van der Waals surface area contributed by atoms with Crippen molar-refractivity contribution in [2.24, 2.45) is 5.92 Å². The summed E-state index contributed by atoms with van der Waals surface area (Å²) >= 11 is 0. The molecule has 0 amide bonds. The summed E-state index contributed by atoms with van der Waals surface area (Å²) in [6, 6.07) is 22.2. The van der Waals surface area contributed by atoms with Gasteiger partial charge in [-0.25, -0.2) is 17.7 Å². The number of rotatable bonds is 8. The average molecular weight is 498 g/mol. The minimum atomic E-state index is -0.0652. The van der Waals surface area contributed by atoms with E-state index in [0.29, 0.717) is 5.92 Å². The van der Waals surface area contributed by atoms with Gasteiger partial charge in [-0.15, -0.1) is 0 Å². The van der Waals surface area contributed by atoms with Crippen LogP contribution in [0.4, 0.5) is 0 Å². The third-order valence-corrected chi connectivity index (χ3v) is 5.92. The monoisotopic (exact) mass is 496 g/mol. The number of unbranched alkanes of at least 4 members (excludes halogenated alkanes) is 1. The van der Waals surface area contributed by atoms with Gasteiger partial charge in [0.1, 0.15) is 0 Å². The van der Waals surface area contributed by atoms with E-state index in [2.05, 4.69) is 93.6 Å². The Morgan fingerprint density at radius 2 is 1.37 bits per heavy atom. The maximum atomic E-state index is 3.87. The third-order valence-electron chi connectivity index (χ3n) is 5.92. The van der Waals surface area contributed by atoms with Crippen molar-refractivity contribution in [3.8, 4) is 0 Å². The first-order valence-electron chi connectivity index (χ1n) is 10.2. The van der Waals surface area contributed by atoms with Crippen molar-refractivity contribution in [3.05, 3.63) is 95.1 Å². The van der Waals surface area contributed by atoms with E-state index in [1.807, 2.05) is 0 Å². The largest absolute Gasteiger partial charge is 4.00 e. The van der Waals surface area contributed by atoms with E-state index in [-0.39, 0.29) is 64.4 Å². The number of halogens is 3. The van der Waals surface area contributed by atoms with Crippen molar-refractivity contribution in [1.29, 1.82) is 0 Å². The van der Waals surface area contributed by atoms with Gasteiger partial charge < -0.3 is 37.2 Å². The van der Waals surface area contributed by atoms with E-state index in [1.165, 1.54) is 41.5 Å². The number of allylic oxidation sites excluding steroid dienone is 4. The summed E-state index contributed by atoms with van der Waals surface area (Å²) in [4.78, 5) is 0. The molecule has 0 saturated carbocycles. The van der Waals surface area contributed by atoms with Crippen LogP contribution in [0.5, 0.6) is 0 Å². The zero-order valence-corrected chi connectivity index (χ0v) is 21.9. The molecule has 0 fully saturated rings. The molecule has 1 unspecified atom stereocenters. The van der Waals surface area contributed by atoms with Crippen LogP contribution in [0.15, 0.2) is 77.9 Å². The summed E-state index contributed by atoms with van der Waals surface area (Å²) in [7, 11) is 0. The smallest absolute Gasteiger partial charge is 1.00 e. The second-order valence-electron chi connectivity index (χ2n) is 7.52. The van der Waals surface area contributed by atoms with Crippen LogP contribution >= 0.6 is 0 Å². The Morgan fingerprint density at radius 3 is 1.80 bits per heavy atom. The van der Waals surface area contributed by atoms with Gasteiger partial charge in [0, 0.05) is 5.41 Å². The Hall–Kier alpha value is -0.496. The maximum Gasteiger partial charge on any atom is 4.00 e. The molecule has 0 radical (unpaired) electrons. The van der Waals surface area contributed by atoms with Crippen molar-refractivity contribution in [2.75, 3.05) is 0 Å². The molecule has 160 valence electrons. The zero-order chi connectivity index (χ0) is 18.4. The first-order valence-corrected chi connectivity index (χ1v) is 10.2. The molecule has 3 rings (SSSR count). The Morgan fingerprint density at radius 1 is 0.867 bits per heavy atom. The molecule has 2 aromatic rings. The Balaban J connectivity index is 0. The zero-order valence-electron chi connectivity index (χ0n) is 18.1. The number of benzene rings is 2. The Labute approximate surface area is 217 Å².